The molecule has 0 aliphatic carbocycles. The van der Waals surface area contributed by atoms with E-state index in [1.165, 1.54) is 11.8 Å². The first-order valence-corrected chi connectivity index (χ1v) is 10.0. The zero-order valence-electron chi connectivity index (χ0n) is 16.3. The highest BCUT2D eigenvalue weighted by Crippen LogP contribution is 2.24. The number of amides is 1. The first kappa shape index (κ1) is 19.9. The Labute approximate surface area is 169 Å². The van der Waals surface area contributed by atoms with Gasteiger partial charge in [0.1, 0.15) is 5.75 Å². The molecule has 6 nitrogen and oxygen atoms in total. The first-order chi connectivity index (χ1) is 13.5. The number of ether oxygens (including phenoxy) is 1. The standard InChI is InChI=1S/C21H24N4O2S/c1-4-27-18-11-7-15(8-12-18)13-19-20(26)23-21(28-19)24-22-14-16-5-9-17(10-6-16)25(2)3/h5-12,14,19H,4,13H2,1-3H3,(H,23,24,26)/b22-14-/t19-/m0/s1. The molecule has 0 saturated carbocycles. The quantitative estimate of drug-likeness (QED) is 0.576. The van der Waals surface area contributed by atoms with E-state index >= 15 is 0 Å². The van der Waals surface area contributed by atoms with E-state index in [1.807, 2.05) is 74.4 Å². The maximum Gasteiger partial charge on any atom is 0.239 e. The summed E-state index contributed by atoms with van der Waals surface area (Å²) in [5.41, 5.74) is 3.16. The van der Waals surface area contributed by atoms with Gasteiger partial charge in [-0.1, -0.05) is 36.0 Å². The zero-order chi connectivity index (χ0) is 19.9. The van der Waals surface area contributed by atoms with Gasteiger partial charge in [0.25, 0.3) is 0 Å². The molecule has 0 radical (unpaired) electrons. The van der Waals surface area contributed by atoms with Crippen molar-refractivity contribution in [3.63, 3.8) is 0 Å². The molecule has 0 unspecified atom stereocenters. The molecule has 1 fully saturated rings. The van der Waals surface area contributed by atoms with Gasteiger partial charge in [-0.05, 0) is 48.7 Å². The summed E-state index contributed by atoms with van der Waals surface area (Å²) in [4.78, 5) is 14.2. The topological polar surface area (TPSA) is 66.3 Å². The summed E-state index contributed by atoms with van der Waals surface area (Å²) < 4.78 is 5.45. The van der Waals surface area contributed by atoms with Crippen LogP contribution in [0.25, 0.3) is 0 Å². The molecule has 0 aromatic heterocycles. The largest absolute Gasteiger partial charge is 0.494 e. The molecule has 146 valence electrons. The molecule has 3 rings (SSSR count). The zero-order valence-corrected chi connectivity index (χ0v) is 17.1. The Kier molecular flexibility index (Phi) is 6.71. The van der Waals surface area contributed by atoms with Crippen molar-refractivity contribution in [2.75, 3.05) is 25.6 Å². The number of amidine groups is 1. The normalized spacial score (nSPS) is 17.9. The van der Waals surface area contributed by atoms with E-state index in [4.69, 9.17) is 4.74 Å². The summed E-state index contributed by atoms with van der Waals surface area (Å²) in [6.45, 7) is 2.59. The van der Waals surface area contributed by atoms with Crippen LogP contribution in [0.5, 0.6) is 5.75 Å². The number of rotatable bonds is 7. The number of carbonyl (C=O) groups excluding carboxylic acids is 1. The van der Waals surface area contributed by atoms with Crippen LogP contribution in [0, 0.1) is 0 Å². The van der Waals surface area contributed by atoms with Crippen LogP contribution in [0.4, 0.5) is 5.69 Å². The molecular weight excluding hydrogens is 372 g/mol. The van der Waals surface area contributed by atoms with E-state index in [0.717, 1.165) is 22.6 Å². The number of benzene rings is 2. The van der Waals surface area contributed by atoms with Crippen LogP contribution in [-0.4, -0.2) is 43.2 Å². The van der Waals surface area contributed by atoms with Crippen molar-refractivity contribution in [3.8, 4) is 5.75 Å². The second-order valence-corrected chi connectivity index (χ2v) is 7.70. The summed E-state index contributed by atoms with van der Waals surface area (Å²) in [7, 11) is 4.00. The molecule has 1 saturated heterocycles. The van der Waals surface area contributed by atoms with Gasteiger partial charge in [0.05, 0.1) is 18.1 Å². The summed E-state index contributed by atoms with van der Waals surface area (Å²) >= 11 is 1.41. The van der Waals surface area contributed by atoms with Crippen molar-refractivity contribution < 1.29 is 9.53 Å². The van der Waals surface area contributed by atoms with E-state index in [2.05, 4.69) is 15.5 Å². The van der Waals surface area contributed by atoms with Crippen molar-refractivity contribution in [2.24, 2.45) is 10.2 Å². The van der Waals surface area contributed by atoms with E-state index in [0.29, 0.717) is 18.2 Å². The minimum Gasteiger partial charge on any atom is -0.494 e. The third-order valence-corrected chi connectivity index (χ3v) is 5.27. The van der Waals surface area contributed by atoms with Crippen LogP contribution in [0.3, 0.4) is 0 Å². The highest BCUT2D eigenvalue weighted by atomic mass is 32.2. The fraction of sp³-hybridized carbons (Fsp3) is 0.286. The molecule has 0 spiro atoms. The van der Waals surface area contributed by atoms with Crippen LogP contribution >= 0.6 is 11.8 Å². The molecule has 1 heterocycles. The maximum absolute atomic E-state index is 12.2. The molecule has 1 aliphatic rings. The van der Waals surface area contributed by atoms with Gasteiger partial charge in [-0.2, -0.15) is 5.10 Å². The monoisotopic (exact) mass is 396 g/mol. The third kappa shape index (κ3) is 5.36. The molecule has 2 aromatic rings. The van der Waals surface area contributed by atoms with Gasteiger partial charge < -0.3 is 15.0 Å². The van der Waals surface area contributed by atoms with Crippen LogP contribution in [0.2, 0.25) is 0 Å². The van der Waals surface area contributed by atoms with E-state index < -0.39 is 0 Å². The van der Waals surface area contributed by atoms with Crippen LogP contribution in [0.15, 0.2) is 58.7 Å². The third-order valence-electron chi connectivity index (χ3n) is 4.20. The van der Waals surface area contributed by atoms with Gasteiger partial charge in [0.2, 0.25) is 5.91 Å². The number of anilines is 1. The van der Waals surface area contributed by atoms with Crippen LogP contribution in [0.1, 0.15) is 18.1 Å². The molecule has 7 heteroatoms. The Hall–Kier alpha value is -2.80. The summed E-state index contributed by atoms with van der Waals surface area (Å²) in [6.07, 6.45) is 2.32. The minimum atomic E-state index is -0.203. The Bertz CT molecular complexity index is 861. The fourth-order valence-corrected chi connectivity index (χ4v) is 3.66. The van der Waals surface area contributed by atoms with Crippen molar-refractivity contribution in [2.45, 2.75) is 18.6 Å². The van der Waals surface area contributed by atoms with Gasteiger partial charge in [0.15, 0.2) is 5.17 Å². The van der Waals surface area contributed by atoms with E-state index in [-0.39, 0.29) is 11.2 Å². The molecule has 1 aliphatic heterocycles. The molecule has 2 aromatic carbocycles. The lowest BCUT2D eigenvalue weighted by Gasteiger charge is -2.11. The molecule has 1 atom stereocenters. The van der Waals surface area contributed by atoms with Gasteiger partial charge in [-0.15, -0.1) is 5.10 Å². The Balaban J connectivity index is 1.57. The van der Waals surface area contributed by atoms with E-state index in [9.17, 15) is 4.79 Å². The number of nitrogens with one attached hydrogen (secondary N) is 1. The number of hydrogen-bond acceptors (Lipinski definition) is 6. The molecular formula is C21H24N4O2S. The van der Waals surface area contributed by atoms with E-state index in [1.54, 1.807) is 6.21 Å². The average Bonchev–Trinajstić information content (AvgIpc) is 3.03. The molecule has 0 bridgehead atoms. The first-order valence-electron chi connectivity index (χ1n) is 9.13. The number of nitrogens with zero attached hydrogens (tertiary/aromatic N) is 3. The predicted octanol–water partition coefficient (Wildman–Crippen LogP) is 3.32. The highest BCUT2D eigenvalue weighted by molar-refractivity contribution is 8.15. The highest BCUT2D eigenvalue weighted by Gasteiger charge is 2.30. The second-order valence-electron chi connectivity index (χ2n) is 6.51. The van der Waals surface area contributed by atoms with Crippen LogP contribution < -0.4 is 15.0 Å². The maximum atomic E-state index is 12.2. The lowest BCUT2D eigenvalue weighted by atomic mass is 10.1. The van der Waals surface area contributed by atoms with Gasteiger partial charge in [0, 0.05) is 19.8 Å². The Morgan fingerprint density at radius 3 is 2.50 bits per heavy atom. The lowest BCUT2D eigenvalue weighted by molar-refractivity contribution is -0.118. The molecule has 1 N–H and O–H groups in total. The second kappa shape index (κ2) is 9.41. The fourth-order valence-electron chi connectivity index (χ4n) is 2.70. The summed E-state index contributed by atoms with van der Waals surface area (Å²) in [5.74, 6) is 0.799. The van der Waals surface area contributed by atoms with Gasteiger partial charge >= 0.3 is 0 Å². The van der Waals surface area contributed by atoms with Crippen molar-refractivity contribution in [1.82, 2.24) is 5.32 Å². The van der Waals surface area contributed by atoms with Gasteiger partial charge in [-0.25, -0.2) is 0 Å². The van der Waals surface area contributed by atoms with Crippen molar-refractivity contribution in [1.29, 1.82) is 0 Å². The Morgan fingerprint density at radius 2 is 1.86 bits per heavy atom. The Morgan fingerprint density at radius 1 is 1.14 bits per heavy atom. The lowest BCUT2D eigenvalue weighted by Crippen LogP contribution is -2.25. The summed E-state index contributed by atoms with van der Waals surface area (Å²) in [5, 5.41) is 11.4. The average molecular weight is 397 g/mol. The summed E-state index contributed by atoms with van der Waals surface area (Å²) in [6, 6.07) is 15.8. The number of hydrogen-bond donors (Lipinski definition) is 1. The smallest absolute Gasteiger partial charge is 0.239 e. The molecule has 1 amide bonds. The van der Waals surface area contributed by atoms with Crippen molar-refractivity contribution in [3.05, 3.63) is 59.7 Å². The predicted molar refractivity (Wildman–Crippen MR) is 117 cm³/mol. The number of carbonyl (C=O) groups is 1. The van der Waals surface area contributed by atoms with Gasteiger partial charge in [-0.3, -0.25) is 4.79 Å². The SMILES string of the molecule is CCOc1ccc(C[C@@H]2S/C(=N/N=C\c3ccc(N(C)C)cc3)NC2=O)cc1. The van der Waals surface area contributed by atoms with Crippen LogP contribution in [-0.2, 0) is 11.2 Å². The number of thioether (sulfide) groups is 1. The molecule has 28 heavy (non-hydrogen) atoms. The minimum absolute atomic E-state index is 0.0387. The van der Waals surface area contributed by atoms with Crippen molar-refractivity contribution >= 4 is 34.7 Å².